The molecule has 1 N–H and O–H groups in total. The van der Waals surface area contributed by atoms with Crippen LogP contribution in [-0.2, 0) is 6.54 Å². The molecule has 0 spiro atoms. The summed E-state index contributed by atoms with van der Waals surface area (Å²) >= 11 is 3.13. The SMILES string of the molecule is C=CCBr.CC[Si](CC)(CC)Oc1c2c(c(O)c3cccnc13)C(=O)N(Cc1ccc(F)cc1)C2=O. The number of aromatic hydroxyl groups is 1. The Morgan fingerprint density at radius 3 is 2.22 bits per heavy atom. The number of carbonyl (C=O) groups is 2. The van der Waals surface area contributed by atoms with E-state index in [1.807, 2.05) is 0 Å². The second-order valence-corrected chi connectivity index (χ2v) is 13.8. The van der Waals surface area contributed by atoms with E-state index in [4.69, 9.17) is 4.43 Å². The van der Waals surface area contributed by atoms with Crippen LogP contribution in [0.4, 0.5) is 4.39 Å². The number of hydrogen-bond donors (Lipinski definition) is 1. The highest BCUT2D eigenvalue weighted by Gasteiger charge is 2.44. The summed E-state index contributed by atoms with van der Waals surface area (Å²) < 4.78 is 19.9. The molecule has 0 aliphatic carbocycles. The molecule has 2 aromatic carbocycles. The number of pyridine rings is 1. The van der Waals surface area contributed by atoms with Crippen molar-refractivity contribution >= 4 is 47.0 Å². The molecule has 2 heterocycles. The lowest BCUT2D eigenvalue weighted by atomic mass is 10.0. The van der Waals surface area contributed by atoms with Gasteiger partial charge in [-0.05, 0) is 48.0 Å². The summed E-state index contributed by atoms with van der Waals surface area (Å²) in [7, 11) is -2.24. The fraction of sp³-hybridized carbons (Fsp3) is 0.296. The van der Waals surface area contributed by atoms with Gasteiger partial charge in [0, 0.05) is 16.9 Å². The quantitative estimate of drug-likeness (QED) is 0.138. The van der Waals surface area contributed by atoms with Crippen molar-refractivity contribution in [2.75, 3.05) is 5.33 Å². The number of alkyl halides is 1. The third-order valence-electron chi connectivity index (χ3n) is 6.52. The number of allylic oxidation sites excluding steroid dienone is 1. The van der Waals surface area contributed by atoms with E-state index in [0.717, 1.165) is 28.4 Å². The number of hydrogen-bond acceptors (Lipinski definition) is 5. The normalized spacial score (nSPS) is 12.9. The zero-order valence-electron chi connectivity index (χ0n) is 20.7. The standard InChI is InChI=1S/C24H25FN2O4Si.C3H5Br/c1-4-32(5-2,6-3)31-22-19-18(21(28)17-8-7-13-26-20(17)22)23(29)27(24(19)30)14-15-9-11-16(25)12-10-15;1-2-3-4/h7-13,28H,4-6,14H2,1-3H3;2H,1,3H2. The van der Waals surface area contributed by atoms with Crippen molar-refractivity contribution in [1.82, 2.24) is 9.88 Å². The van der Waals surface area contributed by atoms with Crippen molar-refractivity contribution in [2.24, 2.45) is 0 Å². The maximum absolute atomic E-state index is 13.5. The van der Waals surface area contributed by atoms with Crippen molar-refractivity contribution in [3.8, 4) is 11.5 Å². The molecule has 0 saturated heterocycles. The number of rotatable bonds is 8. The zero-order chi connectivity index (χ0) is 26.5. The van der Waals surface area contributed by atoms with E-state index in [2.05, 4.69) is 48.3 Å². The van der Waals surface area contributed by atoms with Gasteiger partial charge in [0.15, 0.2) is 0 Å². The second kappa shape index (κ2) is 11.8. The third kappa shape index (κ3) is 5.22. The van der Waals surface area contributed by atoms with E-state index < -0.39 is 25.9 Å². The Morgan fingerprint density at radius 2 is 1.67 bits per heavy atom. The average molecular weight is 574 g/mol. The molecule has 1 aliphatic rings. The van der Waals surface area contributed by atoms with Crippen LogP contribution in [0.25, 0.3) is 10.9 Å². The monoisotopic (exact) mass is 572 g/mol. The van der Waals surface area contributed by atoms with E-state index in [1.165, 1.54) is 24.3 Å². The maximum Gasteiger partial charge on any atom is 0.265 e. The Bertz CT molecular complexity index is 1270. The summed E-state index contributed by atoms with van der Waals surface area (Å²) in [6.07, 6.45) is 3.37. The van der Waals surface area contributed by atoms with Crippen molar-refractivity contribution in [3.05, 3.63) is 77.8 Å². The van der Waals surface area contributed by atoms with Crippen molar-refractivity contribution in [2.45, 2.75) is 45.4 Å². The van der Waals surface area contributed by atoms with Gasteiger partial charge < -0.3 is 9.53 Å². The van der Waals surface area contributed by atoms with Crippen molar-refractivity contribution in [1.29, 1.82) is 0 Å². The van der Waals surface area contributed by atoms with E-state index in [1.54, 1.807) is 24.4 Å². The Hall–Kier alpha value is -3.04. The molecule has 0 saturated carbocycles. The molecule has 2 amide bonds. The lowest BCUT2D eigenvalue weighted by Crippen LogP contribution is -2.40. The maximum atomic E-state index is 13.5. The fourth-order valence-corrected chi connectivity index (χ4v) is 6.80. The first-order valence-corrected chi connectivity index (χ1v) is 15.5. The molecule has 0 fully saturated rings. The van der Waals surface area contributed by atoms with Crippen LogP contribution >= 0.6 is 15.9 Å². The lowest BCUT2D eigenvalue weighted by molar-refractivity contribution is 0.0641. The molecular formula is C27H30BrFN2O4Si. The molecule has 36 heavy (non-hydrogen) atoms. The summed E-state index contributed by atoms with van der Waals surface area (Å²) in [5, 5.41) is 12.2. The van der Waals surface area contributed by atoms with Crippen LogP contribution in [0, 0.1) is 5.82 Å². The smallest absolute Gasteiger partial charge is 0.265 e. The molecule has 0 bridgehead atoms. The fourth-order valence-electron chi connectivity index (χ4n) is 4.24. The number of fused-ring (bicyclic) bond motifs is 2. The Labute approximate surface area is 220 Å². The Kier molecular flexibility index (Phi) is 9.02. The highest BCUT2D eigenvalue weighted by atomic mass is 79.9. The van der Waals surface area contributed by atoms with Crippen LogP contribution in [0.1, 0.15) is 47.1 Å². The molecule has 3 aromatic rings. The van der Waals surface area contributed by atoms with Gasteiger partial charge in [-0.25, -0.2) is 4.39 Å². The molecule has 4 rings (SSSR count). The van der Waals surface area contributed by atoms with Gasteiger partial charge in [0.25, 0.3) is 20.1 Å². The minimum Gasteiger partial charge on any atom is -0.541 e. The van der Waals surface area contributed by atoms with Gasteiger partial charge >= 0.3 is 0 Å². The van der Waals surface area contributed by atoms with Crippen LogP contribution in [0.15, 0.2) is 55.3 Å². The Morgan fingerprint density at radius 1 is 1.08 bits per heavy atom. The number of imide groups is 1. The van der Waals surface area contributed by atoms with Gasteiger partial charge in [-0.3, -0.25) is 19.5 Å². The number of phenols is 1. The molecule has 1 aromatic heterocycles. The number of aromatic nitrogens is 1. The van der Waals surface area contributed by atoms with Gasteiger partial charge in [-0.15, -0.1) is 6.58 Å². The second-order valence-electron chi connectivity index (χ2n) is 8.44. The summed E-state index contributed by atoms with van der Waals surface area (Å²) in [6, 6.07) is 11.5. The molecule has 0 radical (unpaired) electrons. The Balaban J connectivity index is 0.000000840. The highest BCUT2D eigenvalue weighted by Crippen LogP contribution is 2.45. The molecular weight excluding hydrogens is 543 g/mol. The van der Waals surface area contributed by atoms with Crippen molar-refractivity contribution < 1.29 is 23.5 Å². The molecule has 0 unspecified atom stereocenters. The van der Waals surface area contributed by atoms with Gasteiger partial charge in [-0.2, -0.15) is 0 Å². The predicted octanol–water partition coefficient (Wildman–Crippen LogP) is 6.83. The first-order chi connectivity index (χ1) is 17.3. The summed E-state index contributed by atoms with van der Waals surface area (Å²) in [5.41, 5.74) is 0.984. The largest absolute Gasteiger partial charge is 0.541 e. The summed E-state index contributed by atoms with van der Waals surface area (Å²) in [5.74, 6) is -1.53. The van der Waals surface area contributed by atoms with Gasteiger partial charge in [0.05, 0.1) is 17.7 Å². The van der Waals surface area contributed by atoms with Crippen LogP contribution in [0.3, 0.4) is 0 Å². The molecule has 1 aliphatic heterocycles. The van der Waals surface area contributed by atoms with Crippen LogP contribution in [0.2, 0.25) is 18.1 Å². The minimum absolute atomic E-state index is 0.0345. The number of halogens is 2. The highest BCUT2D eigenvalue weighted by molar-refractivity contribution is 9.09. The zero-order valence-corrected chi connectivity index (χ0v) is 23.3. The van der Waals surface area contributed by atoms with Crippen LogP contribution < -0.4 is 4.43 Å². The number of nitrogens with zero attached hydrogens (tertiary/aromatic N) is 2. The van der Waals surface area contributed by atoms with E-state index in [9.17, 15) is 19.1 Å². The number of phenolic OH excluding ortho intramolecular Hbond substituents is 1. The van der Waals surface area contributed by atoms with Gasteiger partial charge in [-0.1, -0.05) is 54.9 Å². The molecule has 9 heteroatoms. The lowest BCUT2D eigenvalue weighted by Gasteiger charge is -2.30. The molecule has 190 valence electrons. The molecule has 6 nitrogen and oxygen atoms in total. The summed E-state index contributed by atoms with van der Waals surface area (Å²) in [6.45, 7) is 9.62. The van der Waals surface area contributed by atoms with E-state index in [-0.39, 0.29) is 29.2 Å². The average Bonchev–Trinajstić information content (AvgIpc) is 3.16. The van der Waals surface area contributed by atoms with E-state index in [0.29, 0.717) is 16.5 Å². The first-order valence-electron chi connectivity index (χ1n) is 11.9. The van der Waals surface area contributed by atoms with E-state index >= 15 is 0 Å². The van der Waals surface area contributed by atoms with Crippen molar-refractivity contribution in [3.63, 3.8) is 0 Å². The minimum atomic E-state index is -2.24. The number of amides is 2. The summed E-state index contributed by atoms with van der Waals surface area (Å²) in [4.78, 5) is 32.2. The molecule has 0 atom stereocenters. The number of carbonyl (C=O) groups excluding carboxylic acids is 2. The van der Waals surface area contributed by atoms with Crippen LogP contribution in [-0.4, -0.2) is 40.5 Å². The first kappa shape index (κ1) is 27.5. The number of benzene rings is 2. The van der Waals surface area contributed by atoms with Gasteiger partial charge in [0.2, 0.25) is 0 Å². The van der Waals surface area contributed by atoms with Crippen LogP contribution in [0.5, 0.6) is 11.5 Å². The predicted molar refractivity (Wildman–Crippen MR) is 146 cm³/mol. The third-order valence-corrected chi connectivity index (χ3v) is 11.5. The topological polar surface area (TPSA) is 79.7 Å². The van der Waals surface area contributed by atoms with Gasteiger partial charge in [0.1, 0.15) is 22.8 Å².